The fourth-order valence-electron chi connectivity index (χ4n) is 2.20. The van der Waals surface area contributed by atoms with Crippen molar-refractivity contribution in [2.75, 3.05) is 19.7 Å². The van der Waals surface area contributed by atoms with Gasteiger partial charge in [-0.25, -0.2) is 4.79 Å². The van der Waals surface area contributed by atoms with E-state index in [1.54, 1.807) is 0 Å². The van der Waals surface area contributed by atoms with Gasteiger partial charge in [-0.2, -0.15) is 0 Å². The summed E-state index contributed by atoms with van der Waals surface area (Å²) in [5.74, 6) is 0.359. The van der Waals surface area contributed by atoms with E-state index in [2.05, 4.69) is 15.5 Å². The van der Waals surface area contributed by atoms with Crippen LogP contribution in [0.1, 0.15) is 19.3 Å². The molecule has 7 nitrogen and oxygen atoms in total. The SMILES string of the molecule is O=C(O)N1CCCCC1NCCOc1cc(Cl)nnc1Cl. The van der Waals surface area contributed by atoms with Gasteiger partial charge in [-0.3, -0.25) is 10.2 Å². The lowest BCUT2D eigenvalue weighted by Crippen LogP contribution is -2.51. The zero-order valence-corrected chi connectivity index (χ0v) is 12.8. The lowest BCUT2D eigenvalue weighted by atomic mass is 10.1. The summed E-state index contributed by atoms with van der Waals surface area (Å²) in [5.41, 5.74) is 0. The molecule has 116 valence electrons. The van der Waals surface area contributed by atoms with Crippen LogP contribution in [0.5, 0.6) is 5.75 Å². The van der Waals surface area contributed by atoms with Crippen LogP contribution >= 0.6 is 23.2 Å². The standard InChI is InChI=1S/C12H16Cl2N4O3/c13-9-7-8(11(14)17-16-9)21-6-4-15-10-3-1-2-5-18(10)12(19)20/h7,10,15H,1-6H2,(H,19,20). The molecular weight excluding hydrogens is 319 g/mol. The summed E-state index contributed by atoms with van der Waals surface area (Å²) in [5, 5.41) is 19.8. The summed E-state index contributed by atoms with van der Waals surface area (Å²) in [7, 11) is 0. The van der Waals surface area contributed by atoms with E-state index in [1.807, 2.05) is 0 Å². The first-order chi connectivity index (χ1) is 10.1. The second kappa shape index (κ2) is 7.63. The van der Waals surface area contributed by atoms with Gasteiger partial charge < -0.3 is 9.84 Å². The predicted octanol–water partition coefficient (Wildman–Crippen LogP) is 2.24. The molecule has 1 aliphatic rings. The van der Waals surface area contributed by atoms with Gasteiger partial charge in [0.1, 0.15) is 6.61 Å². The molecule has 0 radical (unpaired) electrons. The van der Waals surface area contributed by atoms with Crippen molar-refractivity contribution in [2.24, 2.45) is 0 Å². The van der Waals surface area contributed by atoms with Gasteiger partial charge >= 0.3 is 6.09 Å². The van der Waals surface area contributed by atoms with Crippen LogP contribution in [0.25, 0.3) is 0 Å². The Hall–Kier alpha value is -1.31. The zero-order valence-electron chi connectivity index (χ0n) is 11.3. The Balaban J connectivity index is 1.78. The minimum Gasteiger partial charge on any atom is -0.489 e. The summed E-state index contributed by atoms with van der Waals surface area (Å²) in [6.45, 7) is 1.37. The molecule has 0 bridgehead atoms. The fourth-order valence-corrected chi connectivity index (χ4v) is 2.48. The maximum Gasteiger partial charge on any atom is 0.408 e. The number of carbonyl (C=O) groups is 1. The van der Waals surface area contributed by atoms with Crippen LogP contribution in [0, 0.1) is 0 Å². The van der Waals surface area contributed by atoms with Crippen molar-refractivity contribution in [3.05, 3.63) is 16.4 Å². The molecule has 1 aromatic rings. The number of aromatic nitrogens is 2. The molecule has 1 aromatic heterocycles. The van der Waals surface area contributed by atoms with E-state index in [-0.39, 0.29) is 16.5 Å². The molecule has 2 heterocycles. The molecular formula is C12H16Cl2N4O3. The number of halogens is 2. The quantitative estimate of drug-likeness (QED) is 0.803. The summed E-state index contributed by atoms with van der Waals surface area (Å²) >= 11 is 11.5. The first-order valence-corrected chi connectivity index (χ1v) is 7.38. The van der Waals surface area contributed by atoms with Crippen LogP contribution in [-0.2, 0) is 0 Å². The van der Waals surface area contributed by atoms with Crippen LogP contribution in [-0.4, -0.2) is 52.2 Å². The number of hydrogen-bond acceptors (Lipinski definition) is 5. The van der Waals surface area contributed by atoms with Crippen LogP contribution in [0.15, 0.2) is 6.07 Å². The van der Waals surface area contributed by atoms with Gasteiger partial charge in [0.2, 0.25) is 0 Å². The van der Waals surface area contributed by atoms with Crippen molar-refractivity contribution in [1.29, 1.82) is 0 Å². The topological polar surface area (TPSA) is 87.6 Å². The number of hydrogen-bond donors (Lipinski definition) is 2. The molecule has 21 heavy (non-hydrogen) atoms. The number of carboxylic acid groups (broad SMARTS) is 1. The van der Waals surface area contributed by atoms with Crippen molar-refractivity contribution < 1.29 is 14.6 Å². The smallest absolute Gasteiger partial charge is 0.408 e. The highest BCUT2D eigenvalue weighted by molar-refractivity contribution is 6.32. The lowest BCUT2D eigenvalue weighted by Gasteiger charge is -2.34. The van der Waals surface area contributed by atoms with Crippen LogP contribution in [0.4, 0.5) is 4.79 Å². The Morgan fingerprint density at radius 2 is 2.29 bits per heavy atom. The minimum absolute atomic E-state index is 0.143. The minimum atomic E-state index is -0.902. The molecule has 1 amide bonds. The van der Waals surface area contributed by atoms with Gasteiger partial charge in [0.25, 0.3) is 0 Å². The van der Waals surface area contributed by atoms with Crippen LogP contribution < -0.4 is 10.1 Å². The van der Waals surface area contributed by atoms with Crippen molar-refractivity contribution in [3.63, 3.8) is 0 Å². The molecule has 0 spiro atoms. The number of amides is 1. The maximum absolute atomic E-state index is 11.1. The monoisotopic (exact) mass is 334 g/mol. The third kappa shape index (κ3) is 4.59. The maximum atomic E-state index is 11.1. The molecule has 2 N–H and O–H groups in total. The van der Waals surface area contributed by atoms with E-state index in [0.29, 0.717) is 25.4 Å². The molecule has 1 atom stereocenters. The first-order valence-electron chi connectivity index (χ1n) is 6.62. The van der Waals surface area contributed by atoms with E-state index < -0.39 is 6.09 Å². The van der Waals surface area contributed by atoms with Gasteiger partial charge in [-0.05, 0) is 19.3 Å². The Morgan fingerprint density at radius 3 is 3.05 bits per heavy atom. The Bertz CT molecular complexity index is 503. The van der Waals surface area contributed by atoms with E-state index in [1.165, 1.54) is 11.0 Å². The highest BCUT2D eigenvalue weighted by Crippen LogP contribution is 2.23. The van der Waals surface area contributed by atoms with E-state index in [0.717, 1.165) is 19.3 Å². The molecule has 1 fully saturated rings. The second-order valence-corrected chi connectivity index (χ2v) is 5.36. The predicted molar refractivity (Wildman–Crippen MR) is 77.9 cm³/mol. The molecule has 2 rings (SSSR count). The summed E-state index contributed by atoms with van der Waals surface area (Å²) < 4.78 is 5.46. The van der Waals surface area contributed by atoms with Gasteiger partial charge in [0, 0.05) is 19.2 Å². The molecule has 0 saturated carbocycles. The van der Waals surface area contributed by atoms with Crippen molar-refractivity contribution in [2.45, 2.75) is 25.4 Å². The third-order valence-corrected chi connectivity index (χ3v) is 3.62. The highest BCUT2D eigenvalue weighted by Gasteiger charge is 2.25. The number of piperidine rings is 1. The molecule has 1 unspecified atom stereocenters. The largest absolute Gasteiger partial charge is 0.489 e. The molecule has 0 aliphatic carbocycles. The normalized spacial score (nSPS) is 18.6. The summed E-state index contributed by atoms with van der Waals surface area (Å²) in [4.78, 5) is 12.5. The van der Waals surface area contributed by atoms with Gasteiger partial charge in [-0.1, -0.05) is 23.2 Å². The zero-order chi connectivity index (χ0) is 15.2. The van der Waals surface area contributed by atoms with Crippen molar-refractivity contribution in [3.8, 4) is 5.75 Å². The summed E-state index contributed by atoms with van der Waals surface area (Å²) in [6.07, 6.45) is 1.64. The van der Waals surface area contributed by atoms with E-state index in [9.17, 15) is 4.79 Å². The Morgan fingerprint density at radius 1 is 1.48 bits per heavy atom. The number of ether oxygens (including phenoxy) is 1. The highest BCUT2D eigenvalue weighted by atomic mass is 35.5. The van der Waals surface area contributed by atoms with Gasteiger partial charge in [0.05, 0.1) is 6.17 Å². The first kappa shape index (κ1) is 16.1. The molecule has 0 aromatic carbocycles. The van der Waals surface area contributed by atoms with Crippen molar-refractivity contribution >= 4 is 29.3 Å². The summed E-state index contributed by atoms with van der Waals surface area (Å²) in [6, 6.07) is 1.49. The van der Waals surface area contributed by atoms with E-state index >= 15 is 0 Å². The molecule has 9 heteroatoms. The molecule has 1 saturated heterocycles. The third-order valence-electron chi connectivity index (χ3n) is 3.17. The number of likely N-dealkylation sites (tertiary alicyclic amines) is 1. The van der Waals surface area contributed by atoms with Crippen molar-refractivity contribution in [1.82, 2.24) is 20.4 Å². The number of nitrogens with one attached hydrogen (secondary N) is 1. The van der Waals surface area contributed by atoms with Crippen LogP contribution in [0.3, 0.4) is 0 Å². The number of rotatable bonds is 5. The Labute approximate surface area is 132 Å². The average molecular weight is 335 g/mol. The van der Waals surface area contributed by atoms with Gasteiger partial charge in [0.15, 0.2) is 16.1 Å². The van der Waals surface area contributed by atoms with Gasteiger partial charge in [-0.15, -0.1) is 10.2 Å². The second-order valence-electron chi connectivity index (χ2n) is 4.61. The fraction of sp³-hybridized carbons (Fsp3) is 0.583. The van der Waals surface area contributed by atoms with Crippen LogP contribution in [0.2, 0.25) is 10.3 Å². The van der Waals surface area contributed by atoms with E-state index in [4.69, 9.17) is 33.0 Å². The Kier molecular flexibility index (Phi) is 5.84. The number of nitrogens with zero attached hydrogens (tertiary/aromatic N) is 3. The lowest BCUT2D eigenvalue weighted by molar-refractivity contribution is 0.0918. The average Bonchev–Trinajstić information content (AvgIpc) is 2.47. The molecule has 1 aliphatic heterocycles.